The predicted octanol–water partition coefficient (Wildman–Crippen LogP) is 3.97. The number of piperidine rings is 1. The van der Waals surface area contributed by atoms with Crippen molar-refractivity contribution in [2.24, 2.45) is 0 Å². The van der Waals surface area contributed by atoms with Crippen molar-refractivity contribution in [2.45, 2.75) is 43.9 Å². The van der Waals surface area contributed by atoms with Gasteiger partial charge in [-0.2, -0.15) is 13.2 Å². The molecule has 2 saturated heterocycles. The van der Waals surface area contributed by atoms with Gasteiger partial charge in [0.2, 0.25) is 0 Å². The standard InChI is InChI=1S/C19H17F3N6O/c20-19(21,22)15-10-23-16(25-18(29)28-11-3-1-4-12(28)7-11)8-14(15)17-24-9-13-5-2-6-27(13)26-17/h2,5-6,8-12H,1,3-4,7H2,(H,23,25,29). The van der Waals surface area contributed by atoms with Gasteiger partial charge in [-0.1, -0.05) is 0 Å². The number of nitrogens with zero attached hydrogens (tertiary/aromatic N) is 5. The van der Waals surface area contributed by atoms with Crippen LogP contribution >= 0.6 is 0 Å². The minimum Gasteiger partial charge on any atom is -0.318 e. The van der Waals surface area contributed by atoms with Crippen LogP contribution in [0.25, 0.3) is 16.9 Å². The largest absolute Gasteiger partial charge is 0.418 e. The van der Waals surface area contributed by atoms with E-state index in [9.17, 15) is 18.0 Å². The highest BCUT2D eigenvalue weighted by Crippen LogP contribution is 2.39. The van der Waals surface area contributed by atoms with Crippen molar-refractivity contribution in [1.29, 1.82) is 0 Å². The summed E-state index contributed by atoms with van der Waals surface area (Å²) in [6.45, 7) is 0. The number of hydrogen-bond donors (Lipinski definition) is 1. The van der Waals surface area contributed by atoms with Crippen molar-refractivity contribution in [3.05, 3.63) is 42.4 Å². The second-order valence-electron chi connectivity index (χ2n) is 7.38. The van der Waals surface area contributed by atoms with E-state index in [2.05, 4.69) is 20.4 Å². The molecule has 0 aromatic carbocycles. The molecule has 2 bridgehead atoms. The fourth-order valence-electron chi connectivity index (χ4n) is 4.20. The Hall–Kier alpha value is -3.17. The van der Waals surface area contributed by atoms with Crippen LogP contribution in [0.1, 0.15) is 31.2 Å². The number of fused-ring (bicyclic) bond motifs is 3. The molecule has 7 nitrogen and oxygen atoms in total. The maximum Gasteiger partial charge on any atom is 0.418 e. The van der Waals surface area contributed by atoms with E-state index in [4.69, 9.17) is 0 Å². The molecule has 0 spiro atoms. The minimum atomic E-state index is -4.63. The van der Waals surface area contributed by atoms with Gasteiger partial charge in [0.25, 0.3) is 0 Å². The Balaban J connectivity index is 1.49. The molecule has 2 unspecified atom stereocenters. The smallest absolute Gasteiger partial charge is 0.318 e. The zero-order valence-corrected chi connectivity index (χ0v) is 15.2. The van der Waals surface area contributed by atoms with Crippen LogP contribution in [0.5, 0.6) is 0 Å². The van der Waals surface area contributed by atoms with Crippen molar-refractivity contribution in [2.75, 3.05) is 5.32 Å². The first kappa shape index (κ1) is 17.9. The summed E-state index contributed by atoms with van der Waals surface area (Å²) in [6, 6.07) is 4.74. The van der Waals surface area contributed by atoms with Gasteiger partial charge >= 0.3 is 12.2 Å². The van der Waals surface area contributed by atoms with E-state index in [0.717, 1.165) is 25.7 Å². The summed E-state index contributed by atoms with van der Waals surface area (Å²) in [7, 11) is 0. The SMILES string of the molecule is O=C(Nc1cc(-c2ncc3cccn3n2)c(C(F)(F)F)cn1)N1C2CCCC1C2. The number of nitrogens with one attached hydrogen (secondary N) is 1. The molecule has 3 aromatic rings. The van der Waals surface area contributed by atoms with E-state index in [1.807, 2.05) is 0 Å². The molecule has 2 fully saturated rings. The van der Waals surface area contributed by atoms with Crippen LogP contribution in [0.3, 0.4) is 0 Å². The molecule has 2 amide bonds. The molecule has 29 heavy (non-hydrogen) atoms. The topological polar surface area (TPSA) is 75.4 Å². The minimum absolute atomic E-state index is 0.0409. The van der Waals surface area contributed by atoms with E-state index < -0.39 is 11.7 Å². The second-order valence-corrected chi connectivity index (χ2v) is 7.38. The van der Waals surface area contributed by atoms with Crippen molar-refractivity contribution < 1.29 is 18.0 Å². The number of carbonyl (C=O) groups is 1. The molecule has 10 heteroatoms. The Morgan fingerprint density at radius 1 is 1.17 bits per heavy atom. The fraction of sp³-hybridized carbons (Fsp3) is 0.368. The van der Waals surface area contributed by atoms with Crippen LogP contribution < -0.4 is 5.32 Å². The zero-order valence-electron chi connectivity index (χ0n) is 15.2. The zero-order chi connectivity index (χ0) is 20.2. The van der Waals surface area contributed by atoms with Crippen molar-refractivity contribution >= 4 is 17.4 Å². The normalized spacial score (nSPS) is 21.1. The quantitative estimate of drug-likeness (QED) is 0.704. The Labute approximate surface area is 163 Å². The lowest BCUT2D eigenvalue weighted by molar-refractivity contribution is -0.137. The average Bonchev–Trinajstić information content (AvgIpc) is 3.15. The van der Waals surface area contributed by atoms with E-state index in [1.54, 1.807) is 23.2 Å². The number of rotatable bonds is 2. The van der Waals surface area contributed by atoms with E-state index >= 15 is 0 Å². The number of aromatic nitrogens is 4. The van der Waals surface area contributed by atoms with Gasteiger partial charge in [0.1, 0.15) is 5.82 Å². The Bertz CT molecular complexity index is 1080. The number of halogens is 3. The van der Waals surface area contributed by atoms with Crippen LogP contribution in [-0.2, 0) is 6.18 Å². The second kappa shape index (κ2) is 6.43. The summed E-state index contributed by atoms with van der Waals surface area (Å²) in [6.07, 6.45) is 3.16. The van der Waals surface area contributed by atoms with Crippen LogP contribution in [0, 0.1) is 0 Å². The van der Waals surface area contributed by atoms with E-state index in [1.165, 1.54) is 16.8 Å². The molecule has 0 aliphatic carbocycles. The lowest BCUT2D eigenvalue weighted by Crippen LogP contribution is -2.62. The number of hydrogen-bond acceptors (Lipinski definition) is 4. The van der Waals surface area contributed by atoms with Crippen LogP contribution in [0.4, 0.5) is 23.8 Å². The predicted molar refractivity (Wildman–Crippen MR) is 98.1 cm³/mol. The number of amides is 2. The maximum atomic E-state index is 13.5. The summed E-state index contributed by atoms with van der Waals surface area (Å²) in [5.41, 5.74) is -0.528. The average molecular weight is 402 g/mol. The molecular weight excluding hydrogens is 385 g/mol. The van der Waals surface area contributed by atoms with Crippen molar-refractivity contribution in [3.8, 4) is 11.4 Å². The Kier molecular flexibility index (Phi) is 3.97. The lowest BCUT2D eigenvalue weighted by Gasteiger charge is -2.52. The van der Waals surface area contributed by atoms with Gasteiger partial charge in [-0.25, -0.2) is 19.3 Å². The third-order valence-electron chi connectivity index (χ3n) is 5.61. The molecule has 3 aromatic heterocycles. The number of carbonyl (C=O) groups excluding carboxylic acids is 1. The van der Waals surface area contributed by atoms with E-state index in [-0.39, 0.29) is 35.3 Å². The summed E-state index contributed by atoms with van der Waals surface area (Å²) in [5, 5.41) is 6.80. The first-order chi connectivity index (χ1) is 13.9. The molecule has 2 atom stereocenters. The lowest BCUT2D eigenvalue weighted by atomic mass is 9.80. The third kappa shape index (κ3) is 3.08. The first-order valence-electron chi connectivity index (χ1n) is 9.37. The molecule has 0 saturated carbocycles. The van der Waals surface area contributed by atoms with Gasteiger partial charge in [0.05, 0.1) is 17.3 Å². The fourth-order valence-corrected chi connectivity index (χ4v) is 4.20. The van der Waals surface area contributed by atoms with Crippen molar-refractivity contribution in [3.63, 3.8) is 0 Å². The number of alkyl halides is 3. The van der Waals surface area contributed by atoms with Gasteiger partial charge in [0, 0.05) is 30.0 Å². The number of urea groups is 1. The Morgan fingerprint density at radius 2 is 1.97 bits per heavy atom. The molecule has 2 aliphatic heterocycles. The van der Waals surface area contributed by atoms with Crippen LogP contribution in [0.2, 0.25) is 0 Å². The molecular formula is C19H17F3N6O. The van der Waals surface area contributed by atoms with Gasteiger partial charge in [-0.05, 0) is 43.9 Å². The summed E-state index contributed by atoms with van der Waals surface area (Å²) in [4.78, 5) is 22.3. The van der Waals surface area contributed by atoms with Gasteiger partial charge in [-0.15, -0.1) is 5.10 Å². The highest BCUT2D eigenvalue weighted by atomic mass is 19.4. The van der Waals surface area contributed by atoms with E-state index in [0.29, 0.717) is 11.7 Å². The molecule has 1 N–H and O–H groups in total. The number of pyridine rings is 1. The maximum absolute atomic E-state index is 13.5. The summed E-state index contributed by atoms with van der Waals surface area (Å²) in [5.74, 6) is -0.0566. The van der Waals surface area contributed by atoms with Crippen LogP contribution in [-0.4, -0.2) is 42.6 Å². The third-order valence-corrected chi connectivity index (χ3v) is 5.61. The van der Waals surface area contributed by atoms with Gasteiger partial charge < -0.3 is 4.90 Å². The molecule has 2 aliphatic rings. The summed E-state index contributed by atoms with van der Waals surface area (Å²) >= 11 is 0. The Morgan fingerprint density at radius 3 is 2.69 bits per heavy atom. The summed E-state index contributed by atoms with van der Waals surface area (Å²) < 4.78 is 42.0. The number of anilines is 1. The molecule has 5 rings (SSSR count). The highest BCUT2D eigenvalue weighted by Gasteiger charge is 2.44. The molecule has 150 valence electrons. The van der Waals surface area contributed by atoms with Gasteiger partial charge in [0.15, 0.2) is 5.82 Å². The van der Waals surface area contributed by atoms with Gasteiger partial charge in [-0.3, -0.25) is 5.32 Å². The van der Waals surface area contributed by atoms with Crippen molar-refractivity contribution in [1.82, 2.24) is 24.5 Å². The molecule has 5 heterocycles. The first-order valence-corrected chi connectivity index (χ1v) is 9.37. The van der Waals surface area contributed by atoms with Crippen LogP contribution in [0.15, 0.2) is 36.8 Å². The molecule has 0 radical (unpaired) electrons. The highest BCUT2D eigenvalue weighted by molar-refractivity contribution is 5.90. The monoisotopic (exact) mass is 402 g/mol.